The molecule has 0 unspecified atom stereocenters. The van der Waals surface area contributed by atoms with E-state index in [-0.39, 0.29) is 6.54 Å². The Bertz CT molecular complexity index is 342. The van der Waals surface area contributed by atoms with Gasteiger partial charge in [-0.2, -0.15) is 17.4 Å². The van der Waals surface area contributed by atoms with Gasteiger partial charge in [0.2, 0.25) is 0 Å². The second-order valence-electron chi connectivity index (χ2n) is 5.57. The number of hydrogen-bond donors (Lipinski definition) is 2. The van der Waals surface area contributed by atoms with Crippen LogP contribution in [0.4, 0.5) is 0 Å². The average molecular weight is 295 g/mol. The SMILES string of the molecule is COC(C)(C)CNS(=O)(=O)N(C)CCCNC(C)C. The molecule has 0 saturated carbocycles. The molecule has 0 aromatic carbocycles. The smallest absolute Gasteiger partial charge is 0.279 e. The lowest BCUT2D eigenvalue weighted by Gasteiger charge is -2.25. The Kier molecular flexibility index (Phi) is 8.07. The van der Waals surface area contributed by atoms with Gasteiger partial charge in [0.05, 0.1) is 5.60 Å². The Balaban J connectivity index is 4.11. The molecule has 0 saturated heterocycles. The zero-order valence-electron chi connectivity index (χ0n) is 13.0. The topological polar surface area (TPSA) is 70.7 Å². The van der Waals surface area contributed by atoms with Gasteiger partial charge in [0, 0.05) is 33.3 Å². The zero-order chi connectivity index (χ0) is 15.1. The zero-order valence-corrected chi connectivity index (χ0v) is 13.8. The minimum Gasteiger partial charge on any atom is -0.377 e. The number of nitrogens with zero attached hydrogens (tertiary/aromatic N) is 1. The van der Waals surface area contributed by atoms with Crippen LogP contribution in [-0.2, 0) is 14.9 Å². The van der Waals surface area contributed by atoms with Crippen LogP contribution in [-0.4, -0.2) is 58.2 Å². The predicted octanol–water partition coefficient (Wildman–Crippen LogP) is 0.566. The van der Waals surface area contributed by atoms with Gasteiger partial charge in [0.1, 0.15) is 0 Å². The Morgan fingerprint density at radius 2 is 1.89 bits per heavy atom. The summed E-state index contributed by atoms with van der Waals surface area (Å²) in [7, 11) is -0.283. The van der Waals surface area contributed by atoms with Crippen molar-refractivity contribution in [2.24, 2.45) is 0 Å². The molecule has 0 heterocycles. The molecule has 0 aromatic heterocycles. The van der Waals surface area contributed by atoms with Crippen LogP contribution in [0, 0.1) is 0 Å². The van der Waals surface area contributed by atoms with Crippen molar-refractivity contribution in [1.29, 1.82) is 0 Å². The summed E-state index contributed by atoms with van der Waals surface area (Å²) in [5.74, 6) is 0. The normalized spacial score (nSPS) is 13.5. The molecule has 0 amide bonds. The summed E-state index contributed by atoms with van der Waals surface area (Å²) in [5.41, 5.74) is -0.507. The van der Waals surface area contributed by atoms with Crippen LogP contribution >= 0.6 is 0 Å². The van der Waals surface area contributed by atoms with Crippen molar-refractivity contribution in [2.45, 2.75) is 45.8 Å². The lowest BCUT2D eigenvalue weighted by Crippen LogP contribution is -2.45. The van der Waals surface area contributed by atoms with Crippen LogP contribution in [0.5, 0.6) is 0 Å². The summed E-state index contributed by atoms with van der Waals surface area (Å²) in [5, 5.41) is 3.26. The maximum absolute atomic E-state index is 12.0. The fourth-order valence-corrected chi connectivity index (χ4v) is 2.38. The quantitative estimate of drug-likeness (QED) is 0.578. The van der Waals surface area contributed by atoms with Gasteiger partial charge in [0.15, 0.2) is 0 Å². The van der Waals surface area contributed by atoms with E-state index >= 15 is 0 Å². The van der Waals surface area contributed by atoms with E-state index in [1.165, 1.54) is 4.31 Å². The van der Waals surface area contributed by atoms with Gasteiger partial charge in [-0.3, -0.25) is 0 Å². The van der Waals surface area contributed by atoms with Crippen LogP contribution in [0.2, 0.25) is 0 Å². The van der Waals surface area contributed by atoms with E-state index in [0.29, 0.717) is 12.6 Å². The molecule has 0 bridgehead atoms. The summed E-state index contributed by atoms with van der Waals surface area (Å²) in [6.45, 7) is 9.35. The molecule has 0 atom stereocenters. The Morgan fingerprint density at radius 1 is 1.32 bits per heavy atom. The Morgan fingerprint density at radius 3 is 2.37 bits per heavy atom. The van der Waals surface area contributed by atoms with Crippen LogP contribution in [0.1, 0.15) is 34.1 Å². The molecule has 6 nitrogen and oxygen atoms in total. The molecule has 0 aliphatic heterocycles. The summed E-state index contributed by atoms with van der Waals surface area (Å²) in [6.07, 6.45) is 0.781. The molecule has 0 aliphatic rings. The van der Waals surface area contributed by atoms with Crippen molar-refractivity contribution in [2.75, 3.05) is 33.8 Å². The second-order valence-corrected chi connectivity index (χ2v) is 7.44. The van der Waals surface area contributed by atoms with Gasteiger partial charge >= 0.3 is 0 Å². The Labute approximate surface area is 118 Å². The number of hydrogen-bond acceptors (Lipinski definition) is 4. The highest BCUT2D eigenvalue weighted by atomic mass is 32.2. The molecule has 0 rings (SSSR count). The third-order valence-corrected chi connectivity index (χ3v) is 4.36. The van der Waals surface area contributed by atoms with Crippen molar-refractivity contribution in [3.05, 3.63) is 0 Å². The summed E-state index contributed by atoms with van der Waals surface area (Å²) < 4.78 is 33.0. The van der Waals surface area contributed by atoms with Crippen molar-refractivity contribution in [3.63, 3.8) is 0 Å². The first-order valence-corrected chi connectivity index (χ1v) is 8.04. The molecule has 7 heteroatoms. The van der Waals surface area contributed by atoms with Gasteiger partial charge in [0.25, 0.3) is 10.2 Å². The molecule has 0 fully saturated rings. The Hall–Kier alpha value is -0.210. The van der Waals surface area contributed by atoms with E-state index in [1.54, 1.807) is 14.2 Å². The van der Waals surface area contributed by atoms with Crippen LogP contribution in [0.25, 0.3) is 0 Å². The van der Waals surface area contributed by atoms with E-state index in [0.717, 1.165) is 13.0 Å². The van der Waals surface area contributed by atoms with Crippen molar-refractivity contribution in [3.8, 4) is 0 Å². The largest absolute Gasteiger partial charge is 0.377 e. The molecule has 2 N–H and O–H groups in total. The van der Waals surface area contributed by atoms with E-state index in [4.69, 9.17) is 4.74 Å². The predicted molar refractivity (Wildman–Crippen MR) is 78.4 cm³/mol. The minimum atomic E-state index is -3.43. The van der Waals surface area contributed by atoms with Crippen molar-refractivity contribution < 1.29 is 13.2 Å². The highest BCUT2D eigenvalue weighted by molar-refractivity contribution is 7.87. The summed E-state index contributed by atoms with van der Waals surface area (Å²) >= 11 is 0. The maximum Gasteiger partial charge on any atom is 0.279 e. The average Bonchev–Trinajstić information content (AvgIpc) is 2.32. The number of rotatable bonds is 10. The van der Waals surface area contributed by atoms with Gasteiger partial charge in [-0.15, -0.1) is 0 Å². The van der Waals surface area contributed by atoms with Crippen molar-refractivity contribution >= 4 is 10.2 Å². The van der Waals surface area contributed by atoms with E-state index in [1.807, 2.05) is 13.8 Å². The molecule has 0 aromatic rings. The van der Waals surface area contributed by atoms with Crippen LogP contribution in [0.3, 0.4) is 0 Å². The molecular formula is C12H29N3O3S. The highest BCUT2D eigenvalue weighted by Crippen LogP contribution is 2.06. The lowest BCUT2D eigenvalue weighted by atomic mass is 10.1. The van der Waals surface area contributed by atoms with Crippen LogP contribution in [0.15, 0.2) is 0 Å². The second kappa shape index (κ2) is 8.16. The first-order valence-electron chi connectivity index (χ1n) is 6.60. The van der Waals surface area contributed by atoms with Gasteiger partial charge in [-0.25, -0.2) is 0 Å². The standard InChI is InChI=1S/C12H29N3O3S/c1-11(2)13-8-7-9-15(5)19(16,17)14-10-12(3,4)18-6/h11,13-14H,7-10H2,1-6H3. The first-order chi connectivity index (χ1) is 8.60. The third-order valence-electron chi connectivity index (χ3n) is 2.85. The fourth-order valence-electron chi connectivity index (χ4n) is 1.26. The van der Waals surface area contributed by atoms with E-state index in [2.05, 4.69) is 23.9 Å². The summed E-state index contributed by atoms with van der Waals surface area (Å²) in [4.78, 5) is 0. The van der Waals surface area contributed by atoms with Gasteiger partial charge in [-0.1, -0.05) is 13.8 Å². The maximum atomic E-state index is 12.0. The van der Waals surface area contributed by atoms with Crippen molar-refractivity contribution in [1.82, 2.24) is 14.3 Å². The fraction of sp³-hybridized carbons (Fsp3) is 1.00. The first kappa shape index (κ1) is 18.8. The number of ether oxygens (including phenoxy) is 1. The molecule has 0 radical (unpaired) electrons. The number of methoxy groups -OCH3 is 1. The van der Waals surface area contributed by atoms with Gasteiger partial charge < -0.3 is 10.1 Å². The minimum absolute atomic E-state index is 0.250. The monoisotopic (exact) mass is 295 g/mol. The molecule has 0 aliphatic carbocycles. The van der Waals surface area contributed by atoms with Gasteiger partial charge in [-0.05, 0) is 26.8 Å². The highest BCUT2D eigenvalue weighted by Gasteiger charge is 2.23. The number of nitrogens with one attached hydrogen (secondary N) is 2. The van der Waals surface area contributed by atoms with E-state index < -0.39 is 15.8 Å². The lowest BCUT2D eigenvalue weighted by molar-refractivity contribution is 0.0273. The van der Waals surface area contributed by atoms with Crippen LogP contribution < -0.4 is 10.0 Å². The molecule has 116 valence electrons. The summed E-state index contributed by atoms with van der Waals surface area (Å²) in [6, 6.07) is 0.419. The van der Waals surface area contributed by atoms with E-state index in [9.17, 15) is 8.42 Å². The third kappa shape index (κ3) is 8.54. The molecule has 0 spiro atoms. The molecule has 19 heavy (non-hydrogen) atoms. The molecular weight excluding hydrogens is 266 g/mol.